The van der Waals surface area contributed by atoms with Crippen molar-refractivity contribution < 1.29 is 22.5 Å². The van der Waals surface area contributed by atoms with Crippen molar-refractivity contribution in [2.45, 2.75) is 6.18 Å². The third-order valence-corrected chi connectivity index (χ3v) is 3.00. The molecule has 112 valence electrons. The fourth-order valence-electron chi connectivity index (χ4n) is 1.70. The number of aryl methyl sites for hydroxylation is 1. The minimum atomic E-state index is -4.88. The van der Waals surface area contributed by atoms with Gasteiger partial charge in [0.1, 0.15) is 11.5 Å². The van der Waals surface area contributed by atoms with Gasteiger partial charge in [0.25, 0.3) is 5.69 Å². The van der Waals surface area contributed by atoms with E-state index in [0.717, 1.165) is 16.8 Å². The van der Waals surface area contributed by atoms with E-state index in [2.05, 4.69) is 5.10 Å². The number of hydrogen-bond donors (Lipinski definition) is 0. The van der Waals surface area contributed by atoms with E-state index in [1.54, 1.807) is 0 Å². The van der Waals surface area contributed by atoms with Crippen molar-refractivity contribution in [2.75, 3.05) is 0 Å². The van der Waals surface area contributed by atoms with Crippen LogP contribution in [0.1, 0.15) is 5.82 Å². The normalized spacial score (nSPS) is 11.7. The largest absolute Gasteiger partial charge is 0.452 e. The van der Waals surface area contributed by atoms with Gasteiger partial charge in [-0.1, -0.05) is 0 Å². The van der Waals surface area contributed by atoms with Gasteiger partial charge in [0, 0.05) is 7.05 Å². The first kappa shape index (κ1) is 15.1. The van der Waals surface area contributed by atoms with Crippen LogP contribution in [0, 0.1) is 20.7 Å². The molecule has 0 bridgehead atoms. The molecule has 0 unspecified atom stereocenters. The van der Waals surface area contributed by atoms with Crippen LogP contribution in [0.15, 0.2) is 18.2 Å². The SMILES string of the molecule is Cn1nc(C(F)(F)F)n(-c2ccc(F)cc2[N+](=O)[O-])c1=S. The summed E-state index contributed by atoms with van der Waals surface area (Å²) in [6.07, 6.45) is -4.88. The van der Waals surface area contributed by atoms with Crippen molar-refractivity contribution >= 4 is 17.9 Å². The molecule has 1 aromatic carbocycles. The third-order valence-electron chi connectivity index (χ3n) is 2.55. The summed E-state index contributed by atoms with van der Waals surface area (Å²) in [4.78, 5) is 9.92. The first-order valence-corrected chi connectivity index (χ1v) is 5.71. The quantitative estimate of drug-likeness (QED) is 0.369. The lowest BCUT2D eigenvalue weighted by molar-refractivity contribution is -0.384. The second-order valence-corrected chi connectivity index (χ2v) is 4.32. The van der Waals surface area contributed by atoms with Gasteiger partial charge in [-0.05, 0) is 24.4 Å². The lowest BCUT2D eigenvalue weighted by Gasteiger charge is -2.09. The molecule has 6 nitrogen and oxygen atoms in total. The van der Waals surface area contributed by atoms with Crippen LogP contribution in [0.4, 0.5) is 23.2 Å². The zero-order chi connectivity index (χ0) is 15.9. The predicted molar refractivity (Wildman–Crippen MR) is 65.0 cm³/mol. The number of nitro groups is 1. The van der Waals surface area contributed by atoms with Crippen LogP contribution in [0.3, 0.4) is 0 Å². The Hall–Kier alpha value is -2.30. The van der Waals surface area contributed by atoms with Gasteiger partial charge in [0.2, 0.25) is 10.6 Å². The van der Waals surface area contributed by atoms with Crippen LogP contribution in [-0.2, 0) is 13.2 Å². The highest BCUT2D eigenvalue weighted by Crippen LogP contribution is 2.33. The number of halogens is 4. The van der Waals surface area contributed by atoms with Crippen LogP contribution in [0.2, 0.25) is 0 Å². The Balaban J connectivity index is 2.86. The highest BCUT2D eigenvalue weighted by Gasteiger charge is 2.39. The molecule has 0 aliphatic heterocycles. The predicted octanol–water partition coefficient (Wildman–Crippen LogP) is 3.01. The van der Waals surface area contributed by atoms with E-state index in [4.69, 9.17) is 12.2 Å². The van der Waals surface area contributed by atoms with E-state index in [9.17, 15) is 27.7 Å². The van der Waals surface area contributed by atoms with Crippen LogP contribution >= 0.6 is 12.2 Å². The monoisotopic (exact) mass is 322 g/mol. The van der Waals surface area contributed by atoms with Gasteiger partial charge >= 0.3 is 6.18 Å². The van der Waals surface area contributed by atoms with Gasteiger partial charge in [0.05, 0.1) is 11.0 Å². The Bertz CT molecular complexity index is 780. The molecule has 0 radical (unpaired) electrons. The van der Waals surface area contributed by atoms with E-state index in [1.807, 2.05) is 0 Å². The second kappa shape index (κ2) is 4.91. The van der Waals surface area contributed by atoms with Crippen molar-refractivity contribution in [1.29, 1.82) is 0 Å². The molecule has 0 saturated heterocycles. The third kappa shape index (κ3) is 2.63. The maximum atomic E-state index is 13.1. The number of hydrogen-bond acceptors (Lipinski definition) is 4. The summed E-state index contributed by atoms with van der Waals surface area (Å²) >= 11 is 4.79. The van der Waals surface area contributed by atoms with E-state index in [-0.39, 0.29) is 0 Å². The summed E-state index contributed by atoms with van der Waals surface area (Å²) in [6, 6.07) is 2.17. The topological polar surface area (TPSA) is 65.9 Å². The molecule has 1 aromatic heterocycles. The molecule has 0 atom stereocenters. The summed E-state index contributed by atoms with van der Waals surface area (Å²) in [5, 5.41) is 14.1. The average molecular weight is 322 g/mol. The van der Waals surface area contributed by atoms with Gasteiger partial charge in [-0.15, -0.1) is 5.10 Å². The van der Waals surface area contributed by atoms with Gasteiger partial charge in [-0.25, -0.2) is 9.07 Å². The van der Waals surface area contributed by atoms with Crippen molar-refractivity contribution in [3.05, 3.63) is 44.7 Å². The fourth-order valence-corrected chi connectivity index (χ4v) is 1.92. The van der Waals surface area contributed by atoms with E-state index >= 15 is 0 Å². The highest BCUT2D eigenvalue weighted by molar-refractivity contribution is 7.71. The van der Waals surface area contributed by atoms with Gasteiger partial charge in [0.15, 0.2) is 0 Å². The van der Waals surface area contributed by atoms with Crippen LogP contribution in [0.5, 0.6) is 0 Å². The molecule has 1 heterocycles. The van der Waals surface area contributed by atoms with Crippen molar-refractivity contribution in [2.24, 2.45) is 7.05 Å². The number of alkyl halides is 3. The van der Waals surface area contributed by atoms with Crippen molar-refractivity contribution in [3.63, 3.8) is 0 Å². The second-order valence-electron chi connectivity index (χ2n) is 3.95. The Kier molecular flexibility index (Phi) is 3.53. The molecular weight excluding hydrogens is 316 g/mol. The molecule has 21 heavy (non-hydrogen) atoms. The number of rotatable bonds is 2. The summed E-state index contributed by atoms with van der Waals surface area (Å²) in [6.45, 7) is 0. The molecule has 0 aliphatic carbocycles. The molecule has 11 heteroatoms. The molecule has 2 rings (SSSR count). The van der Waals surface area contributed by atoms with Crippen LogP contribution < -0.4 is 0 Å². The molecule has 0 fully saturated rings. The summed E-state index contributed by atoms with van der Waals surface area (Å²) in [5.74, 6) is -2.38. The first-order chi connectivity index (χ1) is 9.62. The Morgan fingerprint density at radius 3 is 2.52 bits per heavy atom. The van der Waals surface area contributed by atoms with Crippen molar-refractivity contribution in [1.82, 2.24) is 14.3 Å². The molecule has 0 N–H and O–H groups in total. The fraction of sp³-hybridized carbons (Fsp3) is 0.200. The smallest absolute Gasteiger partial charge is 0.258 e. The zero-order valence-electron chi connectivity index (χ0n) is 10.3. The lowest BCUT2D eigenvalue weighted by atomic mass is 10.2. The molecule has 0 spiro atoms. The Morgan fingerprint density at radius 2 is 2.00 bits per heavy atom. The number of nitro benzene ring substituents is 1. The van der Waals surface area contributed by atoms with Gasteiger partial charge in [-0.2, -0.15) is 13.2 Å². The minimum Gasteiger partial charge on any atom is -0.258 e. The maximum absolute atomic E-state index is 13.1. The maximum Gasteiger partial charge on any atom is 0.452 e. The average Bonchev–Trinajstić information content (AvgIpc) is 2.66. The Morgan fingerprint density at radius 1 is 1.38 bits per heavy atom. The Labute approximate surface area is 119 Å². The summed E-state index contributed by atoms with van der Waals surface area (Å²) < 4.78 is 52.7. The molecule has 0 aliphatic rings. The molecule has 2 aromatic rings. The standard InChI is InChI=1S/C10H6F4N4O2S/c1-16-9(21)17(8(15-16)10(12,13)14)6-3-2-5(11)4-7(6)18(19)20/h2-4H,1H3. The summed E-state index contributed by atoms with van der Waals surface area (Å²) in [5.41, 5.74) is -1.35. The molecule has 0 amide bonds. The number of aromatic nitrogens is 3. The number of benzene rings is 1. The van der Waals surface area contributed by atoms with Crippen molar-refractivity contribution in [3.8, 4) is 5.69 Å². The first-order valence-electron chi connectivity index (χ1n) is 5.30. The van der Waals surface area contributed by atoms with Gasteiger partial charge in [-0.3, -0.25) is 14.7 Å². The summed E-state index contributed by atoms with van der Waals surface area (Å²) in [7, 11) is 1.17. The molecular formula is C10H6F4N4O2S. The molecule has 0 saturated carbocycles. The lowest BCUT2D eigenvalue weighted by Crippen LogP contribution is -2.15. The van der Waals surface area contributed by atoms with E-state index < -0.39 is 38.9 Å². The van der Waals surface area contributed by atoms with Crippen LogP contribution in [-0.4, -0.2) is 19.3 Å². The zero-order valence-corrected chi connectivity index (χ0v) is 11.1. The highest BCUT2D eigenvalue weighted by atomic mass is 32.1. The minimum absolute atomic E-state index is 0.396. The van der Waals surface area contributed by atoms with E-state index in [0.29, 0.717) is 10.6 Å². The van der Waals surface area contributed by atoms with Crippen LogP contribution in [0.25, 0.3) is 5.69 Å². The van der Waals surface area contributed by atoms with Gasteiger partial charge < -0.3 is 0 Å². The number of nitrogens with zero attached hydrogens (tertiary/aromatic N) is 4. The van der Waals surface area contributed by atoms with E-state index in [1.165, 1.54) is 7.05 Å².